The minimum atomic E-state index is -0.364. The van der Waals surface area contributed by atoms with E-state index in [4.69, 9.17) is 5.73 Å². The molecule has 0 spiro atoms. The van der Waals surface area contributed by atoms with Crippen LogP contribution in [0.25, 0.3) is 0 Å². The smallest absolute Gasteiger partial charge is 0.239 e. The van der Waals surface area contributed by atoms with Crippen LogP contribution < -0.4 is 5.73 Å². The van der Waals surface area contributed by atoms with Gasteiger partial charge >= 0.3 is 0 Å². The topological polar surface area (TPSA) is 49.6 Å². The number of hydrogen-bond acceptors (Lipinski definition) is 3. The van der Waals surface area contributed by atoms with Gasteiger partial charge in [-0.2, -0.15) is 0 Å². The fraction of sp³-hybridized carbons (Fsp3) is 0.923. The normalized spacial score (nSPS) is 21.8. The lowest BCUT2D eigenvalue weighted by Crippen LogP contribution is -2.48. The molecule has 1 aliphatic rings. The van der Waals surface area contributed by atoms with Crippen molar-refractivity contribution in [1.29, 1.82) is 0 Å². The standard InChI is InChI=1S/C13H27N3O.ClH/c1-5-16-8-6-7-11(16)9-15(4)13(17)12(14)10(2)3;/h10-12H,5-9,14H2,1-4H3;1H/t11?,12-;/m1./s1. The molecule has 0 aromatic heterocycles. The number of likely N-dealkylation sites (N-methyl/N-ethyl adjacent to an activating group) is 2. The second kappa shape index (κ2) is 7.97. The van der Waals surface area contributed by atoms with Gasteiger partial charge in [0.25, 0.3) is 0 Å². The van der Waals surface area contributed by atoms with Crippen LogP contribution in [0.2, 0.25) is 0 Å². The van der Waals surface area contributed by atoms with Crippen LogP contribution in [0.5, 0.6) is 0 Å². The second-order valence-electron chi connectivity index (χ2n) is 5.41. The van der Waals surface area contributed by atoms with Gasteiger partial charge in [-0.1, -0.05) is 20.8 Å². The van der Waals surface area contributed by atoms with Crippen LogP contribution in [0.3, 0.4) is 0 Å². The molecule has 1 saturated heterocycles. The van der Waals surface area contributed by atoms with Crippen molar-refractivity contribution in [1.82, 2.24) is 9.80 Å². The molecule has 1 fully saturated rings. The molecule has 0 bridgehead atoms. The van der Waals surface area contributed by atoms with Crippen LogP contribution in [0.1, 0.15) is 33.6 Å². The number of hydrogen-bond donors (Lipinski definition) is 1. The van der Waals surface area contributed by atoms with Gasteiger partial charge in [-0.15, -0.1) is 12.4 Å². The summed E-state index contributed by atoms with van der Waals surface area (Å²) in [6.07, 6.45) is 2.44. The van der Waals surface area contributed by atoms with E-state index < -0.39 is 0 Å². The van der Waals surface area contributed by atoms with Crippen molar-refractivity contribution in [3.8, 4) is 0 Å². The molecular formula is C13H28ClN3O. The highest BCUT2D eigenvalue weighted by atomic mass is 35.5. The molecule has 2 N–H and O–H groups in total. The fourth-order valence-electron chi connectivity index (χ4n) is 2.46. The lowest BCUT2D eigenvalue weighted by Gasteiger charge is -2.30. The van der Waals surface area contributed by atoms with Crippen molar-refractivity contribution >= 4 is 18.3 Å². The monoisotopic (exact) mass is 277 g/mol. The zero-order chi connectivity index (χ0) is 13.0. The summed E-state index contributed by atoms with van der Waals surface area (Å²) in [5, 5.41) is 0. The van der Waals surface area contributed by atoms with Gasteiger partial charge in [-0.05, 0) is 31.8 Å². The Kier molecular flexibility index (Phi) is 7.83. The summed E-state index contributed by atoms with van der Waals surface area (Å²) in [5.74, 6) is 0.277. The average Bonchev–Trinajstić information content (AvgIpc) is 2.73. The number of nitrogens with two attached hydrogens (primary N) is 1. The quantitative estimate of drug-likeness (QED) is 0.825. The van der Waals surface area contributed by atoms with Gasteiger partial charge in [-0.25, -0.2) is 0 Å². The largest absolute Gasteiger partial charge is 0.343 e. The molecule has 4 nitrogen and oxygen atoms in total. The van der Waals surface area contributed by atoms with Crippen molar-refractivity contribution in [2.75, 3.05) is 26.7 Å². The highest BCUT2D eigenvalue weighted by molar-refractivity contribution is 5.85. The maximum Gasteiger partial charge on any atom is 0.239 e. The number of nitrogens with zero attached hydrogens (tertiary/aromatic N) is 2. The van der Waals surface area contributed by atoms with E-state index in [-0.39, 0.29) is 30.3 Å². The average molecular weight is 278 g/mol. The Bertz CT molecular complexity index is 261. The minimum Gasteiger partial charge on any atom is -0.343 e. The Morgan fingerprint density at radius 3 is 2.61 bits per heavy atom. The van der Waals surface area contributed by atoms with Gasteiger partial charge < -0.3 is 10.6 Å². The van der Waals surface area contributed by atoms with Crippen LogP contribution in [0.15, 0.2) is 0 Å². The molecule has 0 radical (unpaired) electrons. The van der Waals surface area contributed by atoms with E-state index in [1.54, 1.807) is 0 Å². The molecule has 5 heteroatoms. The fourth-order valence-corrected chi connectivity index (χ4v) is 2.46. The Morgan fingerprint density at radius 2 is 2.11 bits per heavy atom. The van der Waals surface area contributed by atoms with E-state index in [1.807, 2.05) is 25.8 Å². The van der Waals surface area contributed by atoms with Crippen molar-refractivity contribution in [2.24, 2.45) is 11.7 Å². The molecule has 1 heterocycles. The second-order valence-corrected chi connectivity index (χ2v) is 5.41. The van der Waals surface area contributed by atoms with Crippen LogP contribution in [-0.2, 0) is 4.79 Å². The van der Waals surface area contributed by atoms with Gasteiger partial charge in [0, 0.05) is 19.6 Å². The highest BCUT2D eigenvalue weighted by Gasteiger charge is 2.27. The Labute approximate surface area is 117 Å². The number of rotatable bonds is 5. The molecule has 1 aliphatic heterocycles. The maximum atomic E-state index is 12.0. The van der Waals surface area contributed by atoms with Crippen molar-refractivity contribution in [2.45, 2.75) is 45.7 Å². The summed E-state index contributed by atoms with van der Waals surface area (Å²) in [4.78, 5) is 16.3. The summed E-state index contributed by atoms with van der Waals surface area (Å²) in [5.41, 5.74) is 5.90. The Morgan fingerprint density at radius 1 is 1.50 bits per heavy atom. The first-order valence-electron chi connectivity index (χ1n) is 6.72. The number of halogens is 1. The van der Waals surface area contributed by atoms with Crippen molar-refractivity contribution in [3.05, 3.63) is 0 Å². The number of carbonyl (C=O) groups excluding carboxylic acids is 1. The Hall–Kier alpha value is -0.320. The molecule has 18 heavy (non-hydrogen) atoms. The first-order chi connectivity index (χ1) is 7.97. The van der Waals surface area contributed by atoms with Gasteiger partial charge in [0.2, 0.25) is 5.91 Å². The predicted molar refractivity (Wildman–Crippen MR) is 78.0 cm³/mol. The highest BCUT2D eigenvalue weighted by Crippen LogP contribution is 2.17. The molecule has 0 saturated carbocycles. The molecule has 0 aromatic carbocycles. The van der Waals surface area contributed by atoms with Crippen LogP contribution in [0, 0.1) is 5.92 Å². The van der Waals surface area contributed by atoms with Gasteiger partial charge in [0.15, 0.2) is 0 Å². The number of likely N-dealkylation sites (tertiary alicyclic amines) is 1. The van der Waals surface area contributed by atoms with Crippen LogP contribution >= 0.6 is 12.4 Å². The third kappa shape index (κ3) is 4.41. The molecule has 108 valence electrons. The van der Waals surface area contributed by atoms with Crippen LogP contribution in [-0.4, -0.2) is 54.5 Å². The molecule has 2 atom stereocenters. The number of amides is 1. The summed E-state index contributed by atoms with van der Waals surface area (Å²) < 4.78 is 0. The molecular weight excluding hydrogens is 250 g/mol. The van der Waals surface area contributed by atoms with E-state index in [2.05, 4.69) is 11.8 Å². The van der Waals surface area contributed by atoms with E-state index in [0.717, 1.165) is 13.1 Å². The first-order valence-corrected chi connectivity index (χ1v) is 6.72. The van der Waals surface area contributed by atoms with Crippen molar-refractivity contribution < 1.29 is 4.79 Å². The molecule has 0 aromatic rings. The first kappa shape index (κ1) is 17.7. The molecule has 1 unspecified atom stereocenters. The van der Waals surface area contributed by atoms with Crippen molar-refractivity contribution in [3.63, 3.8) is 0 Å². The predicted octanol–water partition coefficient (Wildman–Crippen LogP) is 1.33. The lowest BCUT2D eigenvalue weighted by atomic mass is 10.0. The summed E-state index contributed by atoms with van der Waals surface area (Å²) in [7, 11) is 1.87. The molecule has 1 rings (SSSR count). The van der Waals surface area contributed by atoms with E-state index in [1.165, 1.54) is 19.4 Å². The number of carbonyl (C=O) groups is 1. The Balaban J connectivity index is 0.00000289. The third-order valence-electron chi connectivity index (χ3n) is 3.77. The zero-order valence-electron chi connectivity index (χ0n) is 12.1. The van der Waals surface area contributed by atoms with Crippen LogP contribution in [0.4, 0.5) is 0 Å². The molecule has 1 amide bonds. The lowest BCUT2D eigenvalue weighted by molar-refractivity contribution is -0.132. The molecule has 0 aliphatic carbocycles. The van der Waals surface area contributed by atoms with Gasteiger partial charge in [0.05, 0.1) is 6.04 Å². The zero-order valence-corrected chi connectivity index (χ0v) is 12.9. The summed E-state index contributed by atoms with van der Waals surface area (Å²) in [6, 6.07) is 0.157. The van der Waals surface area contributed by atoms with E-state index in [0.29, 0.717) is 6.04 Å². The van der Waals surface area contributed by atoms with Gasteiger partial charge in [0.1, 0.15) is 0 Å². The van der Waals surface area contributed by atoms with E-state index >= 15 is 0 Å². The summed E-state index contributed by atoms with van der Waals surface area (Å²) in [6.45, 7) is 9.21. The third-order valence-corrected chi connectivity index (χ3v) is 3.77. The SMILES string of the molecule is CCN1CCCC1CN(C)C(=O)[C@H](N)C(C)C.Cl. The van der Waals surface area contributed by atoms with E-state index in [9.17, 15) is 4.79 Å². The minimum absolute atomic E-state index is 0. The summed E-state index contributed by atoms with van der Waals surface area (Å²) >= 11 is 0. The van der Waals surface area contributed by atoms with Gasteiger partial charge in [-0.3, -0.25) is 9.69 Å². The maximum absolute atomic E-state index is 12.0.